The smallest absolute Gasteiger partial charge is 0.0613 e. The van der Waals surface area contributed by atoms with Crippen molar-refractivity contribution < 1.29 is 4.74 Å². The van der Waals surface area contributed by atoms with Crippen molar-refractivity contribution in [1.82, 2.24) is 5.32 Å². The fourth-order valence-corrected chi connectivity index (χ4v) is 3.06. The minimum atomic E-state index is 0.299. The predicted molar refractivity (Wildman–Crippen MR) is 74.7 cm³/mol. The topological polar surface area (TPSA) is 21.3 Å². The van der Waals surface area contributed by atoms with Crippen LogP contribution in [0.2, 0.25) is 0 Å². The highest BCUT2D eigenvalue weighted by Gasteiger charge is 2.12. The first-order valence-corrected chi connectivity index (χ1v) is 6.83. The maximum absolute atomic E-state index is 5.11. The van der Waals surface area contributed by atoms with Gasteiger partial charge in [-0.1, -0.05) is 37.9 Å². The summed E-state index contributed by atoms with van der Waals surface area (Å²) in [7, 11) is 1.72. The number of ether oxygens (including phenoxy) is 1. The van der Waals surface area contributed by atoms with Crippen LogP contribution in [0, 0.1) is 0 Å². The van der Waals surface area contributed by atoms with Crippen molar-refractivity contribution in [3.8, 4) is 0 Å². The average molecular weight is 351 g/mol. The molecule has 0 heterocycles. The standard InChI is InChI=1S/C12H17Br2NO/c1-8(7-16-3)15-9(2)11-5-4-10(13)6-12(11)14/h4-6,8-9,15H,7H2,1-3H3. The van der Waals surface area contributed by atoms with E-state index in [-0.39, 0.29) is 0 Å². The van der Waals surface area contributed by atoms with E-state index in [1.807, 2.05) is 0 Å². The van der Waals surface area contributed by atoms with Crippen LogP contribution in [0.4, 0.5) is 0 Å². The van der Waals surface area contributed by atoms with Gasteiger partial charge in [0.25, 0.3) is 0 Å². The van der Waals surface area contributed by atoms with Crippen LogP contribution >= 0.6 is 31.9 Å². The molecule has 2 unspecified atom stereocenters. The molecule has 0 aliphatic heterocycles. The van der Waals surface area contributed by atoms with Gasteiger partial charge in [-0.05, 0) is 31.5 Å². The number of rotatable bonds is 5. The Hall–Kier alpha value is 0.1000. The summed E-state index contributed by atoms with van der Waals surface area (Å²) >= 11 is 7.03. The number of halogens is 2. The molecule has 16 heavy (non-hydrogen) atoms. The third-order valence-electron chi connectivity index (χ3n) is 2.38. The van der Waals surface area contributed by atoms with Gasteiger partial charge in [0.2, 0.25) is 0 Å². The van der Waals surface area contributed by atoms with Crippen LogP contribution in [0.15, 0.2) is 27.1 Å². The van der Waals surface area contributed by atoms with E-state index in [1.165, 1.54) is 5.56 Å². The zero-order valence-corrected chi connectivity index (χ0v) is 12.9. The maximum atomic E-state index is 5.11. The Morgan fingerprint density at radius 3 is 2.56 bits per heavy atom. The van der Waals surface area contributed by atoms with E-state index in [4.69, 9.17) is 4.74 Å². The zero-order valence-electron chi connectivity index (χ0n) is 9.76. The van der Waals surface area contributed by atoms with E-state index in [1.54, 1.807) is 7.11 Å². The monoisotopic (exact) mass is 349 g/mol. The summed E-state index contributed by atoms with van der Waals surface area (Å²) < 4.78 is 7.31. The Labute approximate surface area is 114 Å². The zero-order chi connectivity index (χ0) is 12.1. The molecule has 4 heteroatoms. The van der Waals surface area contributed by atoms with E-state index in [9.17, 15) is 0 Å². The normalized spacial score (nSPS) is 14.8. The molecule has 0 fully saturated rings. The molecule has 2 nitrogen and oxygen atoms in total. The highest BCUT2D eigenvalue weighted by Crippen LogP contribution is 2.26. The van der Waals surface area contributed by atoms with Crippen molar-refractivity contribution >= 4 is 31.9 Å². The highest BCUT2D eigenvalue weighted by atomic mass is 79.9. The second-order valence-corrected chi connectivity index (χ2v) is 5.68. The molecule has 0 radical (unpaired) electrons. The first-order chi connectivity index (χ1) is 7.54. The summed E-state index contributed by atoms with van der Waals surface area (Å²) in [6.07, 6.45) is 0. The van der Waals surface area contributed by atoms with Crippen molar-refractivity contribution in [2.45, 2.75) is 25.9 Å². The summed E-state index contributed by atoms with van der Waals surface area (Å²) in [6.45, 7) is 4.99. The summed E-state index contributed by atoms with van der Waals surface area (Å²) in [5, 5.41) is 3.49. The molecular weight excluding hydrogens is 334 g/mol. The van der Waals surface area contributed by atoms with Gasteiger partial charge in [0.1, 0.15) is 0 Å². The minimum Gasteiger partial charge on any atom is -0.383 e. The van der Waals surface area contributed by atoms with Gasteiger partial charge in [0.05, 0.1) is 6.61 Å². The molecule has 0 bridgehead atoms. The fourth-order valence-electron chi connectivity index (χ4n) is 1.67. The summed E-state index contributed by atoms with van der Waals surface area (Å²) in [6, 6.07) is 6.88. The molecule has 1 rings (SSSR count). The lowest BCUT2D eigenvalue weighted by molar-refractivity contribution is 0.167. The van der Waals surface area contributed by atoms with E-state index < -0.39 is 0 Å². The van der Waals surface area contributed by atoms with Crippen molar-refractivity contribution in [3.05, 3.63) is 32.7 Å². The van der Waals surface area contributed by atoms with Gasteiger partial charge in [0, 0.05) is 28.1 Å². The third kappa shape index (κ3) is 4.17. The molecule has 0 aromatic heterocycles. The van der Waals surface area contributed by atoms with E-state index in [0.29, 0.717) is 12.1 Å². The molecule has 1 N–H and O–H groups in total. The molecule has 2 atom stereocenters. The number of nitrogens with one attached hydrogen (secondary N) is 1. The first-order valence-electron chi connectivity index (χ1n) is 5.24. The van der Waals surface area contributed by atoms with Crippen LogP contribution in [-0.2, 0) is 4.74 Å². The minimum absolute atomic E-state index is 0.299. The molecule has 0 saturated carbocycles. The lowest BCUT2D eigenvalue weighted by atomic mass is 10.1. The van der Waals surface area contributed by atoms with Crippen LogP contribution in [0.1, 0.15) is 25.5 Å². The van der Waals surface area contributed by atoms with E-state index in [0.717, 1.165) is 15.6 Å². The Morgan fingerprint density at radius 1 is 1.31 bits per heavy atom. The van der Waals surface area contributed by atoms with E-state index >= 15 is 0 Å². The molecular formula is C12H17Br2NO. The van der Waals surface area contributed by atoms with Crippen molar-refractivity contribution in [2.75, 3.05) is 13.7 Å². The third-order valence-corrected chi connectivity index (χ3v) is 3.56. The van der Waals surface area contributed by atoms with Gasteiger partial charge < -0.3 is 10.1 Å². The van der Waals surface area contributed by atoms with Crippen LogP contribution in [0.5, 0.6) is 0 Å². The van der Waals surface area contributed by atoms with Gasteiger partial charge in [-0.3, -0.25) is 0 Å². The van der Waals surface area contributed by atoms with Gasteiger partial charge in [0.15, 0.2) is 0 Å². The summed E-state index contributed by atoms with van der Waals surface area (Å²) in [5.41, 5.74) is 1.26. The van der Waals surface area contributed by atoms with Crippen molar-refractivity contribution in [3.63, 3.8) is 0 Å². The molecule has 0 amide bonds. The van der Waals surface area contributed by atoms with Crippen LogP contribution < -0.4 is 5.32 Å². The van der Waals surface area contributed by atoms with Crippen molar-refractivity contribution in [2.24, 2.45) is 0 Å². The molecule has 0 aliphatic carbocycles. The first kappa shape index (κ1) is 14.2. The largest absolute Gasteiger partial charge is 0.383 e. The second kappa shape index (κ2) is 6.74. The second-order valence-electron chi connectivity index (χ2n) is 3.91. The van der Waals surface area contributed by atoms with Crippen LogP contribution in [-0.4, -0.2) is 19.8 Å². The Kier molecular flexibility index (Phi) is 5.97. The SMILES string of the molecule is COCC(C)NC(C)c1ccc(Br)cc1Br. The Balaban J connectivity index is 2.69. The molecule has 1 aromatic carbocycles. The van der Waals surface area contributed by atoms with Crippen molar-refractivity contribution in [1.29, 1.82) is 0 Å². The van der Waals surface area contributed by atoms with Gasteiger partial charge in [-0.25, -0.2) is 0 Å². The summed E-state index contributed by atoms with van der Waals surface area (Å²) in [5.74, 6) is 0. The number of methoxy groups -OCH3 is 1. The summed E-state index contributed by atoms with van der Waals surface area (Å²) in [4.78, 5) is 0. The number of benzene rings is 1. The molecule has 0 saturated heterocycles. The Bertz CT molecular complexity index is 344. The quantitative estimate of drug-likeness (QED) is 0.869. The van der Waals surface area contributed by atoms with Gasteiger partial charge in [-0.15, -0.1) is 0 Å². The lowest BCUT2D eigenvalue weighted by Gasteiger charge is -2.20. The molecule has 90 valence electrons. The van der Waals surface area contributed by atoms with Crippen LogP contribution in [0.3, 0.4) is 0 Å². The fraction of sp³-hybridized carbons (Fsp3) is 0.500. The molecule has 0 aliphatic rings. The molecule has 0 spiro atoms. The Morgan fingerprint density at radius 2 is 2.00 bits per heavy atom. The predicted octanol–water partition coefficient (Wildman–Crippen LogP) is 3.90. The van der Waals surface area contributed by atoms with E-state index in [2.05, 4.69) is 69.2 Å². The number of hydrogen-bond donors (Lipinski definition) is 1. The van der Waals surface area contributed by atoms with Gasteiger partial charge >= 0.3 is 0 Å². The molecule has 1 aromatic rings. The van der Waals surface area contributed by atoms with Gasteiger partial charge in [-0.2, -0.15) is 0 Å². The maximum Gasteiger partial charge on any atom is 0.0613 e. The lowest BCUT2D eigenvalue weighted by Crippen LogP contribution is -2.32. The number of hydrogen-bond acceptors (Lipinski definition) is 2. The van der Waals surface area contributed by atoms with Crippen LogP contribution in [0.25, 0.3) is 0 Å². The average Bonchev–Trinajstić information content (AvgIpc) is 2.17. The highest BCUT2D eigenvalue weighted by molar-refractivity contribution is 9.11.